The average Bonchev–Trinajstić information content (AvgIpc) is 2.75. The van der Waals surface area contributed by atoms with E-state index in [4.69, 9.17) is 4.74 Å². The highest BCUT2D eigenvalue weighted by molar-refractivity contribution is 5.77. The van der Waals surface area contributed by atoms with Crippen LogP contribution in [0.3, 0.4) is 0 Å². The number of benzene rings is 1. The van der Waals surface area contributed by atoms with Crippen LogP contribution in [0.15, 0.2) is 48.7 Å². The fourth-order valence-corrected chi connectivity index (χ4v) is 4.69. The van der Waals surface area contributed by atoms with Gasteiger partial charge in [0.25, 0.3) is 0 Å². The van der Waals surface area contributed by atoms with Gasteiger partial charge in [-0.1, -0.05) is 38.1 Å². The van der Waals surface area contributed by atoms with Crippen molar-refractivity contribution in [3.8, 4) is 5.75 Å². The van der Waals surface area contributed by atoms with Crippen molar-refractivity contribution in [2.24, 2.45) is 5.92 Å². The van der Waals surface area contributed by atoms with E-state index in [9.17, 15) is 4.79 Å². The van der Waals surface area contributed by atoms with Gasteiger partial charge in [-0.25, -0.2) is 0 Å². The molecule has 30 heavy (non-hydrogen) atoms. The Balaban J connectivity index is 1.43. The quantitative estimate of drug-likeness (QED) is 0.782. The summed E-state index contributed by atoms with van der Waals surface area (Å²) < 4.78 is 6.59. The van der Waals surface area contributed by atoms with Crippen LogP contribution in [0.4, 0.5) is 0 Å². The zero-order valence-electron chi connectivity index (χ0n) is 18.1. The minimum Gasteiger partial charge on any atom is -0.487 e. The lowest BCUT2D eigenvalue weighted by Crippen LogP contribution is -2.50. The van der Waals surface area contributed by atoms with E-state index >= 15 is 0 Å². The molecule has 1 saturated heterocycles. The van der Waals surface area contributed by atoms with Gasteiger partial charge in [0.15, 0.2) is 0 Å². The first kappa shape index (κ1) is 20.9. The lowest BCUT2D eigenvalue weighted by Gasteiger charge is -2.47. The lowest BCUT2D eigenvalue weighted by molar-refractivity contribution is -0.122. The number of hydrogen-bond donors (Lipinski definition) is 1. The molecule has 2 aliphatic rings. The molecule has 1 aromatic carbocycles. The van der Waals surface area contributed by atoms with Crippen LogP contribution in [0, 0.1) is 5.92 Å². The number of piperidine rings is 1. The van der Waals surface area contributed by atoms with Crippen molar-refractivity contribution in [3.63, 3.8) is 0 Å². The monoisotopic (exact) mass is 407 g/mol. The van der Waals surface area contributed by atoms with Crippen molar-refractivity contribution >= 4 is 5.91 Å². The van der Waals surface area contributed by atoms with Crippen LogP contribution < -0.4 is 10.1 Å². The van der Waals surface area contributed by atoms with Crippen LogP contribution in [-0.2, 0) is 11.3 Å². The molecule has 0 bridgehead atoms. The summed E-state index contributed by atoms with van der Waals surface area (Å²) in [4.78, 5) is 19.5. The number of aromatic nitrogens is 1. The maximum absolute atomic E-state index is 12.6. The molecule has 2 aliphatic heterocycles. The minimum atomic E-state index is -0.169. The van der Waals surface area contributed by atoms with E-state index in [1.54, 1.807) is 0 Å². The summed E-state index contributed by atoms with van der Waals surface area (Å²) in [5.41, 5.74) is 2.12. The van der Waals surface area contributed by atoms with E-state index in [0.717, 1.165) is 56.9 Å². The first-order valence-corrected chi connectivity index (χ1v) is 11.2. The third-order valence-corrected chi connectivity index (χ3v) is 6.32. The van der Waals surface area contributed by atoms with Crippen molar-refractivity contribution in [1.29, 1.82) is 0 Å². The molecule has 5 nitrogen and oxygen atoms in total. The van der Waals surface area contributed by atoms with Crippen LogP contribution in [0.1, 0.15) is 56.7 Å². The Morgan fingerprint density at radius 2 is 1.97 bits per heavy atom. The second-order valence-corrected chi connectivity index (χ2v) is 9.22. The van der Waals surface area contributed by atoms with Gasteiger partial charge in [0.2, 0.25) is 5.91 Å². The second kappa shape index (κ2) is 9.17. The fourth-order valence-electron chi connectivity index (χ4n) is 4.69. The van der Waals surface area contributed by atoms with E-state index in [-0.39, 0.29) is 17.4 Å². The summed E-state index contributed by atoms with van der Waals surface area (Å²) >= 11 is 0. The van der Waals surface area contributed by atoms with Crippen LogP contribution in [-0.4, -0.2) is 41.0 Å². The predicted octanol–water partition coefficient (Wildman–Crippen LogP) is 4.14. The average molecular weight is 408 g/mol. The van der Waals surface area contributed by atoms with Gasteiger partial charge in [0.05, 0.1) is 5.69 Å². The third-order valence-electron chi connectivity index (χ3n) is 6.32. The molecule has 0 radical (unpaired) electrons. The van der Waals surface area contributed by atoms with Gasteiger partial charge < -0.3 is 10.1 Å². The van der Waals surface area contributed by atoms with E-state index in [1.807, 2.05) is 24.4 Å². The van der Waals surface area contributed by atoms with Gasteiger partial charge in [-0.05, 0) is 48.9 Å². The Morgan fingerprint density at radius 1 is 1.20 bits per heavy atom. The number of pyridine rings is 1. The van der Waals surface area contributed by atoms with Crippen LogP contribution >= 0.6 is 0 Å². The van der Waals surface area contributed by atoms with Gasteiger partial charge in [0, 0.05) is 44.7 Å². The summed E-state index contributed by atoms with van der Waals surface area (Å²) in [5.74, 6) is 1.78. The highest BCUT2D eigenvalue weighted by Crippen LogP contribution is 2.46. The van der Waals surface area contributed by atoms with Gasteiger partial charge in [-0.2, -0.15) is 0 Å². The van der Waals surface area contributed by atoms with Crippen LogP contribution in [0.2, 0.25) is 0 Å². The fraction of sp³-hybridized carbons (Fsp3) is 0.520. The molecule has 1 amide bonds. The largest absolute Gasteiger partial charge is 0.487 e. The number of carbonyl (C=O) groups excluding carboxylic acids is 1. The lowest BCUT2D eigenvalue weighted by atomic mass is 9.76. The summed E-state index contributed by atoms with van der Waals surface area (Å²) in [7, 11) is 0. The Hall–Kier alpha value is -2.40. The zero-order valence-corrected chi connectivity index (χ0v) is 18.1. The van der Waals surface area contributed by atoms with E-state index in [0.29, 0.717) is 12.3 Å². The van der Waals surface area contributed by atoms with Crippen molar-refractivity contribution in [3.05, 3.63) is 59.9 Å². The number of fused-ring (bicyclic) bond motifs is 1. The number of hydrogen-bond acceptors (Lipinski definition) is 4. The van der Waals surface area contributed by atoms with Crippen molar-refractivity contribution < 1.29 is 9.53 Å². The summed E-state index contributed by atoms with van der Waals surface area (Å²) in [6.07, 6.45) is 5.27. The molecule has 1 aromatic heterocycles. The van der Waals surface area contributed by atoms with Crippen molar-refractivity contribution in [1.82, 2.24) is 15.2 Å². The minimum absolute atomic E-state index is 0.146. The Labute approximate surface area is 179 Å². The Kier molecular flexibility index (Phi) is 6.38. The second-order valence-electron chi connectivity index (χ2n) is 9.22. The molecule has 1 fully saturated rings. The molecular formula is C25H33N3O2. The van der Waals surface area contributed by atoms with Crippen LogP contribution in [0.5, 0.6) is 5.75 Å². The topological polar surface area (TPSA) is 54.5 Å². The molecule has 0 saturated carbocycles. The predicted molar refractivity (Wildman–Crippen MR) is 118 cm³/mol. The highest BCUT2D eigenvalue weighted by Gasteiger charge is 2.43. The summed E-state index contributed by atoms with van der Waals surface area (Å²) in [6, 6.07) is 14.4. The normalized spacial score (nSPS) is 20.6. The van der Waals surface area contributed by atoms with Gasteiger partial charge in [0.1, 0.15) is 11.4 Å². The molecule has 1 N–H and O–H groups in total. The number of nitrogens with one attached hydrogen (secondary N) is 1. The van der Waals surface area contributed by atoms with E-state index in [1.165, 1.54) is 5.56 Å². The van der Waals surface area contributed by atoms with Gasteiger partial charge in [-0.15, -0.1) is 0 Å². The van der Waals surface area contributed by atoms with Crippen molar-refractivity contribution in [2.75, 3.05) is 19.6 Å². The van der Waals surface area contributed by atoms with E-state index in [2.05, 4.69) is 53.3 Å². The molecule has 1 spiro atoms. The molecule has 3 heterocycles. The maximum atomic E-state index is 12.6. The number of amides is 1. The molecule has 160 valence electrons. The van der Waals surface area contributed by atoms with Crippen molar-refractivity contribution in [2.45, 2.75) is 57.6 Å². The van der Waals surface area contributed by atoms with Gasteiger partial charge >= 0.3 is 0 Å². The first-order valence-electron chi connectivity index (χ1n) is 11.2. The molecule has 0 unspecified atom stereocenters. The number of rotatable bonds is 6. The molecule has 0 aliphatic carbocycles. The van der Waals surface area contributed by atoms with E-state index < -0.39 is 0 Å². The summed E-state index contributed by atoms with van der Waals surface area (Å²) in [6.45, 7) is 7.84. The number of likely N-dealkylation sites (tertiary alicyclic amines) is 1. The van der Waals surface area contributed by atoms with Crippen LogP contribution in [0.25, 0.3) is 0 Å². The molecule has 5 heteroatoms. The SMILES string of the molecule is CC(C)CNC(=O)C[C@@H]1CC2(CCN(Cc3ccccn3)CC2)Oc2ccccc21. The maximum Gasteiger partial charge on any atom is 0.220 e. The number of para-hydroxylation sites is 1. The number of ether oxygens (including phenoxy) is 1. The standard InChI is InChI=1S/C25H33N3O2/c1-19(2)17-27-24(29)15-20-16-25(30-23-9-4-3-8-22(20)23)10-13-28(14-11-25)18-21-7-5-6-12-26-21/h3-9,12,19-20H,10-11,13-18H2,1-2H3,(H,27,29)/t20-/m1/s1. The Bertz CT molecular complexity index is 844. The van der Waals surface area contributed by atoms with Gasteiger partial charge in [-0.3, -0.25) is 14.7 Å². The third kappa shape index (κ3) is 5.01. The highest BCUT2D eigenvalue weighted by atomic mass is 16.5. The molecular weight excluding hydrogens is 374 g/mol. The zero-order chi connectivity index (χ0) is 21.0. The number of nitrogens with zero attached hydrogens (tertiary/aromatic N) is 2. The first-order chi connectivity index (χ1) is 14.5. The Morgan fingerprint density at radius 3 is 2.70 bits per heavy atom. The molecule has 4 rings (SSSR count). The number of carbonyl (C=O) groups is 1. The smallest absolute Gasteiger partial charge is 0.220 e. The summed E-state index contributed by atoms with van der Waals surface area (Å²) in [5, 5.41) is 3.09. The molecule has 1 atom stereocenters. The molecule has 2 aromatic rings.